The number of rotatable bonds is 4. The summed E-state index contributed by atoms with van der Waals surface area (Å²) in [4.78, 5) is 12.2. The first-order valence-corrected chi connectivity index (χ1v) is 9.43. The molecule has 0 saturated carbocycles. The van der Waals surface area contributed by atoms with E-state index in [9.17, 15) is 22.7 Å². The molecule has 3 N–H and O–H groups in total. The second-order valence-corrected chi connectivity index (χ2v) is 7.46. The summed E-state index contributed by atoms with van der Waals surface area (Å²) in [7, 11) is 0. The van der Waals surface area contributed by atoms with E-state index in [0.29, 0.717) is 12.7 Å². The zero-order valence-corrected chi connectivity index (χ0v) is 16.0. The summed E-state index contributed by atoms with van der Waals surface area (Å²) in [6.45, 7) is 2.28. The van der Waals surface area contributed by atoms with Gasteiger partial charge in [0, 0.05) is 30.9 Å². The minimum Gasteiger partial charge on any atom is -0.375 e. The Morgan fingerprint density at radius 2 is 2.03 bits per heavy atom. The fourth-order valence-electron chi connectivity index (χ4n) is 3.36. The molecule has 0 aliphatic carbocycles. The van der Waals surface area contributed by atoms with Crippen LogP contribution in [0, 0.1) is 5.82 Å². The van der Waals surface area contributed by atoms with Crippen LogP contribution in [0.25, 0.3) is 17.0 Å². The van der Waals surface area contributed by atoms with E-state index in [0.717, 1.165) is 38.3 Å². The average Bonchev–Trinajstić information content (AvgIpc) is 3.10. The van der Waals surface area contributed by atoms with Crippen LogP contribution in [0.2, 0.25) is 0 Å². The van der Waals surface area contributed by atoms with Crippen LogP contribution in [0.1, 0.15) is 25.5 Å². The van der Waals surface area contributed by atoms with Crippen LogP contribution >= 0.6 is 0 Å². The van der Waals surface area contributed by atoms with Crippen molar-refractivity contribution in [3.05, 3.63) is 42.2 Å². The van der Waals surface area contributed by atoms with Crippen molar-refractivity contribution in [3.8, 4) is 11.4 Å². The third-order valence-corrected chi connectivity index (χ3v) is 5.15. The number of anilines is 1. The molecule has 0 spiro atoms. The summed E-state index contributed by atoms with van der Waals surface area (Å²) in [6, 6.07) is 2.54. The van der Waals surface area contributed by atoms with Crippen molar-refractivity contribution >= 4 is 11.5 Å². The van der Waals surface area contributed by atoms with Crippen molar-refractivity contribution in [2.45, 2.75) is 37.6 Å². The summed E-state index contributed by atoms with van der Waals surface area (Å²) in [6.07, 6.45) is 0.508. The summed E-state index contributed by atoms with van der Waals surface area (Å²) < 4.78 is 55.2. The first-order chi connectivity index (χ1) is 14.1. The fourth-order valence-corrected chi connectivity index (χ4v) is 3.36. The number of fused-ring (bicyclic) bond motifs is 1. The van der Waals surface area contributed by atoms with Gasteiger partial charge in [-0.3, -0.25) is 9.38 Å². The number of nitrogens with one attached hydrogen (secondary N) is 2. The van der Waals surface area contributed by atoms with Gasteiger partial charge in [0.1, 0.15) is 11.6 Å². The Balaban J connectivity index is 1.73. The van der Waals surface area contributed by atoms with Crippen LogP contribution in [0.3, 0.4) is 0 Å². The van der Waals surface area contributed by atoms with Crippen LogP contribution in [-0.2, 0) is 5.60 Å². The van der Waals surface area contributed by atoms with E-state index >= 15 is 0 Å². The van der Waals surface area contributed by atoms with Gasteiger partial charge in [0.25, 0.3) is 0 Å². The van der Waals surface area contributed by atoms with Gasteiger partial charge >= 0.3 is 6.18 Å². The number of halogens is 4. The summed E-state index contributed by atoms with van der Waals surface area (Å²) >= 11 is 0. The van der Waals surface area contributed by atoms with Crippen LogP contribution in [-0.4, -0.2) is 49.8 Å². The number of aliphatic hydroxyl groups is 1. The van der Waals surface area contributed by atoms with E-state index in [2.05, 4.69) is 25.6 Å². The molecule has 1 aliphatic rings. The van der Waals surface area contributed by atoms with Gasteiger partial charge in [-0.2, -0.15) is 13.2 Å². The van der Waals surface area contributed by atoms with Crippen LogP contribution in [0.15, 0.2) is 30.7 Å². The van der Waals surface area contributed by atoms with Gasteiger partial charge in [-0.1, -0.05) is 0 Å². The quantitative estimate of drug-likeness (QED) is 0.559. The summed E-state index contributed by atoms with van der Waals surface area (Å²) in [5, 5.41) is 16.4. The van der Waals surface area contributed by atoms with E-state index in [4.69, 9.17) is 0 Å². The molecule has 4 rings (SSSR count). The summed E-state index contributed by atoms with van der Waals surface area (Å²) in [5.74, 6) is -0.219. The van der Waals surface area contributed by atoms with Gasteiger partial charge in [-0.15, -0.1) is 0 Å². The minimum atomic E-state index is -4.92. The predicted octanol–water partition coefficient (Wildman–Crippen LogP) is 2.86. The molecule has 0 aromatic carbocycles. The number of nitrogens with zero attached hydrogens (tertiary/aromatic N) is 4. The fraction of sp³-hybridized carbons (Fsp3) is 0.421. The first kappa shape index (κ1) is 20.5. The molecule has 1 aliphatic heterocycles. The molecule has 30 heavy (non-hydrogen) atoms. The van der Waals surface area contributed by atoms with Gasteiger partial charge in [-0.25, -0.2) is 14.4 Å². The SMILES string of the molecule is CC(O)(c1cn2c(-c3cc(F)cc(NC4CCCNC4)n3)cnc2cn1)C(F)(F)F. The lowest BCUT2D eigenvalue weighted by molar-refractivity contribution is -0.260. The highest BCUT2D eigenvalue weighted by molar-refractivity contribution is 5.62. The number of piperidine rings is 1. The monoisotopic (exact) mass is 424 g/mol. The van der Waals surface area contributed by atoms with E-state index in [1.54, 1.807) is 0 Å². The molecule has 2 atom stereocenters. The van der Waals surface area contributed by atoms with Crippen LogP contribution in [0.4, 0.5) is 23.4 Å². The van der Waals surface area contributed by atoms with Gasteiger partial charge < -0.3 is 15.7 Å². The van der Waals surface area contributed by atoms with Gasteiger partial charge in [0.05, 0.1) is 29.5 Å². The normalized spacial score (nSPS) is 19.6. The van der Waals surface area contributed by atoms with Crippen LogP contribution in [0.5, 0.6) is 0 Å². The van der Waals surface area contributed by atoms with Crippen molar-refractivity contribution in [1.82, 2.24) is 24.7 Å². The van der Waals surface area contributed by atoms with E-state index in [1.165, 1.54) is 22.7 Å². The van der Waals surface area contributed by atoms with Crippen molar-refractivity contribution < 1.29 is 22.7 Å². The Morgan fingerprint density at radius 3 is 2.73 bits per heavy atom. The highest BCUT2D eigenvalue weighted by Gasteiger charge is 2.52. The zero-order chi connectivity index (χ0) is 21.5. The molecule has 0 radical (unpaired) electrons. The number of imidazole rings is 1. The Bertz CT molecular complexity index is 1060. The number of pyridine rings is 1. The molecule has 4 heterocycles. The summed E-state index contributed by atoms with van der Waals surface area (Å²) in [5.41, 5.74) is -3.05. The van der Waals surface area contributed by atoms with E-state index in [1.807, 2.05) is 0 Å². The smallest absolute Gasteiger partial charge is 0.375 e. The average molecular weight is 424 g/mol. The topological polar surface area (TPSA) is 87.4 Å². The Kier molecular flexibility index (Phi) is 5.10. The molecule has 0 amide bonds. The lowest BCUT2D eigenvalue weighted by Gasteiger charge is -2.25. The second kappa shape index (κ2) is 7.47. The highest BCUT2D eigenvalue weighted by atomic mass is 19.4. The molecule has 1 fully saturated rings. The highest BCUT2D eigenvalue weighted by Crippen LogP contribution is 2.37. The van der Waals surface area contributed by atoms with E-state index in [-0.39, 0.29) is 23.1 Å². The maximum absolute atomic E-state index is 14.3. The van der Waals surface area contributed by atoms with Crippen molar-refractivity contribution in [3.63, 3.8) is 0 Å². The number of aromatic nitrogens is 4. The predicted molar refractivity (Wildman–Crippen MR) is 101 cm³/mol. The van der Waals surface area contributed by atoms with E-state index < -0.39 is 23.3 Å². The van der Waals surface area contributed by atoms with Gasteiger partial charge in [0.2, 0.25) is 5.60 Å². The lowest BCUT2D eigenvalue weighted by Crippen LogP contribution is -2.40. The molecular formula is C19H20F4N6O. The Hall–Kier alpha value is -2.79. The molecule has 7 nitrogen and oxygen atoms in total. The van der Waals surface area contributed by atoms with Crippen molar-refractivity contribution in [2.75, 3.05) is 18.4 Å². The molecule has 1 saturated heterocycles. The van der Waals surface area contributed by atoms with Crippen LogP contribution < -0.4 is 10.6 Å². The third-order valence-electron chi connectivity index (χ3n) is 5.15. The Labute approximate surface area is 169 Å². The van der Waals surface area contributed by atoms with Gasteiger partial charge in [0.15, 0.2) is 5.65 Å². The maximum atomic E-state index is 14.3. The molecule has 2 unspecified atom stereocenters. The molecule has 3 aromatic rings. The van der Waals surface area contributed by atoms with Crippen molar-refractivity contribution in [2.24, 2.45) is 0 Å². The Morgan fingerprint density at radius 1 is 1.23 bits per heavy atom. The number of hydrogen-bond donors (Lipinski definition) is 3. The maximum Gasteiger partial charge on any atom is 0.422 e. The molecule has 160 valence electrons. The minimum absolute atomic E-state index is 0.0979. The van der Waals surface area contributed by atoms with Gasteiger partial charge in [-0.05, 0) is 26.3 Å². The number of hydrogen-bond acceptors (Lipinski definition) is 6. The molecule has 3 aromatic heterocycles. The molecule has 11 heteroatoms. The zero-order valence-electron chi connectivity index (χ0n) is 16.0. The molecular weight excluding hydrogens is 404 g/mol. The molecule has 0 bridgehead atoms. The van der Waals surface area contributed by atoms with Crippen molar-refractivity contribution in [1.29, 1.82) is 0 Å². The number of alkyl halides is 3. The third kappa shape index (κ3) is 3.82. The standard InChI is InChI=1S/C19H20F4N6O/c1-18(30,19(21,22)23)15-10-29-14(8-26-17(29)9-25-15)13-5-11(20)6-16(28-13)27-12-3-2-4-24-7-12/h5-6,8-10,12,24,30H,2-4,7H2,1H3,(H,27,28). The first-order valence-electron chi connectivity index (χ1n) is 9.43. The lowest BCUT2D eigenvalue weighted by atomic mass is 10.0. The second-order valence-electron chi connectivity index (χ2n) is 7.46. The largest absolute Gasteiger partial charge is 0.422 e.